The number of benzene rings is 1. The van der Waals surface area contributed by atoms with Crippen LogP contribution in [-0.2, 0) is 9.84 Å². The lowest BCUT2D eigenvalue weighted by Crippen LogP contribution is -2.31. The molecule has 0 spiro atoms. The Hall–Kier alpha value is -1.09. The molecule has 22 heavy (non-hydrogen) atoms. The van der Waals surface area contributed by atoms with Gasteiger partial charge in [-0.15, -0.1) is 0 Å². The fourth-order valence-electron chi connectivity index (χ4n) is 6.20. The van der Waals surface area contributed by atoms with Gasteiger partial charge in [0.05, 0.1) is 10.1 Å². The van der Waals surface area contributed by atoms with Crippen LogP contribution in [0.2, 0.25) is 0 Å². The van der Waals surface area contributed by atoms with E-state index in [2.05, 4.69) is 6.92 Å². The summed E-state index contributed by atoms with van der Waals surface area (Å²) >= 11 is 0. The average molecular weight is 314 g/mol. The van der Waals surface area contributed by atoms with Crippen molar-refractivity contribution in [3.05, 3.63) is 41.5 Å². The van der Waals surface area contributed by atoms with Gasteiger partial charge in [0.25, 0.3) is 0 Å². The molecule has 5 rings (SSSR count). The van der Waals surface area contributed by atoms with Crippen LogP contribution < -0.4 is 0 Å². The Morgan fingerprint density at radius 3 is 2.36 bits per heavy atom. The van der Waals surface area contributed by atoms with E-state index in [1.54, 1.807) is 23.3 Å². The summed E-state index contributed by atoms with van der Waals surface area (Å²) in [6.07, 6.45) is 4.85. The maximum Gasteiger partial charge on any atom is 0.181 e. The van der Waals surface area contributed by atoms with E-state index in [9.17, 15) is 8.42 Å². The highest BCUT2D eigenvalue weighted by molar-refractivity contribution is 7.92. The Kier molecular flexibility index (Phi) is 2.58. The molecule has 116 valence electrons. The first-order valence-corrected chi connectivity index (χ1v) is 10.2. The van der Waals surface area contributed by atoms with Crippen molar-refractivity contribution in [2.45, 2.75) is 42.8 Å². The minimum absolute atomic E-state index is 0.173. The molecule has 1 aromatic rings. The van der Waals surface area contributed by atoms with Gasteiger partial charge in [-0.05, 0) is 61.5 Å². The van der Waals surface area contributed by atoms with Crippen LogP contribution in [0.15, 0.2) is 46.4 Å². The van der Waals surface area contributed by atoms with E-state index in [4.69, 9.17) is 0 Å². The number of hydrogen-bond donors (Lipinski definition) is 0. The number of rotatable bonds is 2. The van der Waals surface area contributed by atoms with Crippen LogP contribution in [0.4, 0.5) is 0 Å². The number of allylic oxidation sites excluding steroid dienone is 2. The summed E-state index contributed by atoms with van der Waals surface area (Å²) in [5.74, 6) is 2.92. The highest BCUT2D eigenvalue weighted by atomic mass is 32.2. The van der Waals surface area contributed by atoms with Gasteiger partial charge in [-0.25, -0.2) is 8.42 Å². The summed E-state index contributed by atoms with van der Waals surface area (Å²) in [6, 6.07) is 9.10. The van der Waals surface area contributed by atoms with Crippen molar-refractivity contribution < 1.29 is 8.42 Å². The zero-order chi connectivity index (χ0) is 15.1. The van der Waals surface area contributed by atoms with Gasteiger partial charge in [0.15, 0.2) is 9.84 Å². The summed E-state index contributed by atoms with van der Waals surface area (Å²) in [6.45, 7) is 2.30. The quantitative estimate of drug-likeness (QED) is 0.614. The minimum Gasteiger partial charge on any atom is -0.223 e. The summed E-state index contributed by atoms with van der Waals surface area (Å²) in [5, 5.41) is -0.173. The third kappa shape index (κ3) is 1.49. The topological polar surface area (TPSA) is 34.1 Å². The molecule has 4 bridgehead atoms. The molecule has 2 saturated carbocycles. The SMILES string of the molecule is C[C@H]1[C@@H]2C3=C([C@H]4CC[C@H]3C4)[C@@H]1C[C@@H]2S(=O)(=O)c1ccccc1. The van der Waals surface area contributed by atoms with Crippen LogP contribution in [-0.4, -0.2) is 13.7 Å². The third-order valence-corrected chi connectivity index (χ3v) is 9.17. The van der Waals surface area contributed by atoms with Crippen LogP contribution in [0.5, 0.6) is 0 Å². The Labute approximate surface area is 132 Å². The van der Waals surface area contributed by atoms with Crippen molar-refractivity contribution in [1.29, 1.82) is 0 Å². The molecule has 0 aromatic heterocycles. The lowest BCUT2D eigenvalue weighted by Gasteiger charge is -2.30. The van der Waals surface area contributed by atoms with Crippen molar-refractivity contribution in [1.82, 2.24) is 0 Å². The smallest absolute Gasteiger partial charge is 0.181 e. The van der Waals surface area contributed by atoms with Gasteiger partial charge in [-0.1, -0.05) is 36.3 Å². The summed E-state index contributed by atoms with van der Waals surface area (Å²) in [5.41, 5.74) is 3.32. The second-order valence-electron chi connectivity index (χ2n) is 7.74. The minimum atomic E-state index is -3.19. The molecule has 0 radical (unpaired) electrons. The molecular weight excluding hydrogens is 292 g/mol. The van der Waals surface area contributed by atoms with E-state index < -0.39 is 9.84 Å². The van der Waals surface area contributed by atoms with Crippen molar-refractivity contribution in [2.24, 2.45) is 29.6 Å². The van der Waals surface area contributed by atoms with Crippen molar-refractivity contribution in [2.75, 3.05) is 0 Å². The molecule has 0 saturated heterocycles. The predicted molar refractivity (Wildman–Crippen MR) is 86.0 cm³/mol. The Balaban J connectivity index is 1.59. The maximum atomic E-state index is 13.1. The van der Waals surface area contributed by atoms with Crippen LogP contribution in [0, 0.1) is 29.6 Å². The van der Waals surface area contributed by atoms with Gasteiger partial charge in [0, 0.05) is 5.92 Å². The van der Waals surface area contributed by atoms with E-state index >= 15 is 0 Å². The van der Waals surface area contributed by atoms with Gasteiger partial charge in [0.1, 0.15) is 0 Å². The monoisotopic (exact) mass is 314 g/mol. The first-order valence-electron chi connectivity index (χ1n) is 8.62. The van der Waals surface area contributed by atoms with Gasteiger partial charge in [-0.3, -0.25) is 0 Å². The molecule has 4 aliphatic carbocycles. The molecule has 3 heteroatoms. The average Bonchev–Trinajstić information content (AvgIpc) is 3.27. The van der Waals surface area contributed by atoms with E-state index in [-0.39, 0.29) is 5.25 Å². The summed E-state index contributed by atoms with van der Waals surface area (Å²) < 4.78 is 26.3. The first-order chi connectivity index (χ1) is 10.6. The molecule has 4 aliphatic rings. The van der Waals surface area contributed by atoms with Crippen molar-refractivity contribution in [3.8, 4) is 0 Å². The molecule has 0 N–H and O–H groups in total. The van der Waals surface area contributed by atoms with Crippen molar-refractivity contribution >= 4 is 9.84 Å². The molecule has 0 heterocycles. The van der Waals surface area contributed by atoms with Crippen LogP contribution >= 0.6 is 0 Å². The lowest BCUT2D eigenvalue weighted by atomic mass is 9.82. The Morgan fingerprint density at radius 1 is 0.955 bits per heavy atom. The highest BCUT2D eigenvalue weighted by Crippen LogP contribution is 2.66. The molecule has 0 amide bonds. The molecule has 0 aliphatic heterocycles. The molecule has 1 aromatic carbocycles. The largest absolute Gasteiger partial charge is 0.223 e. The van der Waals surface area contributed by atoms with Crippen LogP contribution in [0.3, 0.4) is 0 Å². The first kappa shape index (κ1) is 13.4. The van der Waals surface area contributed by atoms with Crippen LogP contribution in [0.1, 0.15) is 32.6 Å². The third-order valence-electron chi connectivity index (χ3n) is 6.96. The maximum absolute atomic E-state index is 13.1. The standard InChI is InChI=1S/C19H22O2S/c1-11-15-10-16(22(20,21)14-5-3-2-4-6-14)17(11)19-13-8-7-12(9-13)18(15)19/h2-6,11-13,15-17H,7-10H2,1H3/t11-,12+,13+,15-,16+,17+/m1/s1. The number of sulfone groups is 1. The number of hydrogen-bond acceptors (Lipinski definition) is 2. The Bertz CT molecular complexity index is 762. The molecule has 2 fully saturated rings. The van der Waals surface area contributed by atoms with Gasteiger partial charge in [0.2, 0.25) is 0 Å². The zero-order valence-electron chi connectivity index (χ0n) is 12.9. The Morgan fingerprint density at radius 2 is 1.64 bits per heavy atom. The van der Waals surface area contributed by atoms with Gasteiger partial charge in [-0.2, -0.15) is 0 Å². The second-order valence-corrected chi connectivity index (χ2v) is 9.91. The van der Waals surface area contributed by atoms with E-state index in [0.29, 0.717) is 28.6 Å². The van der Waals surface area contributed by atoms with Crippen LogP contribution in [0.25, 0.3) is 0 Å². The van der Waals surface area contributed by atoms with Gasteiger partial charge < -0.3 is 0 Å². The fourth-order valence-corrected chi connectivity index (χ4v) is 8.33. The molecule has 2 nitrogen and oxygen atoms in total. The normalized spacial score (nSPS) is 42.2. The molecule has 6 atom stereocenters. The van der Waals surface area contributed by atoms with Gasteiger partial charge >= 0.3 is 0 Å². The second kappa shape index (κ2) is 4.25. The fraction of sp³-hybridized carbons (Fsp3) is 0.579. The number of fused-ring (bicyclic) bond motifs is 8. The highest BCUT2D eigenvalue weighted by Gasteiger charge is 2.60. The van der Waals surface area contributed by atoms with Crippen molar-refractivity contribution in [3.63, 3.8) is 0 Å². The van der Waals surface area contributed by atoms with E-state index in [1.165, 1.54) is 19.3 Å². The predicted octanol–water partition coefficient (Wildman–Crippen LogP) is 3.84. The van der Waals surface area contributed by atoms with E-state index in [0.717, 1.165) is 12.3 Å². The summed E-state index contributed by atoms with van der Waals surface area (Å²) in [4.78, 5) is 0.519. The zero-order valence-corrected chi connectivity index (χ0v) is 13.7. The molecule has 0 unspecified atom stereocenters. The lowest BCUT2D eigenvalue weighted by molar-refractivity contribution is 0.410. The van der Waals surface area contributed by atoms with E-state index in [1.807, 2.05) is 18.2 Å². The summed E-state index contributed by atoms with van der Waals surface area (Å²) in [7, 11) is -3.19. The molecular formula is C19H22O2S.